The molecule has 0 amide bonds. The molecular formula is C8H5Cl2F2NO2. The Balaban J connectivity index is 3.44. The summed E-state index contributed by atoms with van der Waals surface area (Å²) in [4.78, 5) is 14.3. The molecule has 15 heavy (non-hydrogen) atoms. The second-order valence-corrected chi connectivity index (χ2v) is 3.23. The van der Waals surface area contributed by atoms with E-state index in [0.29, 0.717) is 0 Å². The fourth-order valence-corrected chi connectivity index (χ4v) is 1.59. The van der Waals surface area contributed by atoms with E-state index in [1.165, 1.54) is 0 Å². The molecule has 0 saturated heterocycles. The Morgan fingerprint density at radius 2 is 2.20 bits per heavy atom. The molecule has 0 spiro atoms. The number of carbonyl (C=O) groups is 1. The Kier molecular flexibility index (Phi) is 3.82. The Labute approximate surface area is 93.6 Å². The van der Waals surface area contributed by atoms with Crippen LogP contribution in [-0.2, 0) is 5.88 Å². The minimum atomic E-state index is -2.94. The van der Waals surface area contributed by atoms with Gasteiger partial charge < -0.3 is 5.11 Å². The molecule has 1 aromatic heterocycles. The van der Waals surface area contributed by atoms with E-state index < -0.39 is 23.5 Å². The maximum absolute atomic E-state index is 12.4. The molecule has 0 aliphatic carbocycles. The Hall–Kier alpha value is -0.940. The summed E-state index contributed by atoms with van der Waals surface area (Å²) in [7, 11) is 0. The largest absolute Gasteiger partial charge is 0.478 e. The minimum absolute atomic E-state index is 0.0696. The van der Waals surface area contributed by atoms with Crippen LogP contribution in [0.5, 0.6) is 0 Å². The lowest BCUT2D eigenvalue weighted by Crippen LogP contribution is -2.07. The van der Waals surface area contributed by atoms with Crippen molar-refractivity contribution in [3.8, 4) is 0 Å². The zero-order valence-electron chi connectivity index (χ0n) is 7.18. The summed E-state index contributed by atoms with van der Waals surface area (Å²) in [6.45, 7) is 0. The quantitative estimate of drug-likeness (QED) is 0.845. The van der Waals surface area contributed by atoms with Gasteiger partial charge in [-0.05, 0) is 0 Å². The van der Waals surface area contributed by atoms with E-state index in [0.717, 1.165) is 6.20 Å². The van der Waals surface area contributed by atoms with Gasteiger partial charge in [0.15, 0.2) is 0 Å². The number of halogens is 4. The van der Waals surface area contributed by atoms with E-state index in [-0.39, 0.29) is 16.6 Å². The summed E-state index contributed by atoms with van der Waals surface area (Å²) in [6.07, 6.45) is -2.16. The second kappa shape index (κ2) is 4.72. The molecule has 0 fully saturated rings. The first-order chi connectivity index (χ1) is 6.99. The number of rotatable bonds is 3. The van der Waals surface area contributed by atoms with E-state index >= 15 is 0 Å². The number of carboxylic acids is 1. The Morgan fingerprint density at radius 3 is 2.60 bits per heavy atom. The van der Waals surface area contributed by atoms with Crippen LogP contribution in [0.3, 0.4) is 0 Å². The molecule has 0 radical (unpaired) electrons. The van der Waals surface area contributed by atoms with E-state index in [4.69, 9.17) is 28.3 Å². The van der Waals surface area contributed by atoms with Crippen molar-refractivity contribution in [3.63, 3.8) is 0 Å². The van der Waals surface area contributed by atoms with Crippen molar-refractivity contribution in [1.82, 2.24) is 4.98 Å². The van der Waals surface area contributed by atoms with Crippen LogP contribution < -0.4 is 0 Å². The highest BCUT2D eigenvalue weighted by Gasteiger charge is 2.23. The van der Waals surface area contributed by atoms with Crippen molar-refractivity contribution in [2.24, 2.45) is 0 Å². The molecule has 3 nitrogen and oxygen atoms in total. The highest BCUT2D eigenvalue weighted by Crippen LogP contribution is 2.30. The third-order valence-electron chi connectivity index (χ3n) is 1.70. The van der Waals surface area contributed by atoms with Crippen LogP contribution in [0.15, 0.2) is 6.20 Å². The van der Waals surface area contributed by atoms with Crippen LogP contribution >= 0.6 is 23.2 Å². The van der Waals surface area contributed by atoms with Gasteiger partial charge in [0.1, 0.15) is 0 Å². The molecule has 82 valence electrons. The van der Waals surface area contributed by atoms with Crippen molar-refractivity contribution >= 4 is 29.2 Å². The standard InChI is InChI=1S/C8H5Cl2F2NO2/c9-1-4-6(10)5(8(14)15)3(2-13-4)7(11)12/h2,7H,1H2,(H,14,15). The van der Waals surface area contributed by atoms with Gasteiger partial charge >= 0.3 is 5.97 Å². The van der Waals surface area contributed by atoms with E-state index in [1.54, 1.807) is 0 Å². The summed E-state index contributed by atoms with van der Waals surface area (Å²) in [5, 5.41) is 8.39. The molecule has 0 unspecified atom stereocenters. The van der Waals surface area contributed by atoms with E-state index in [1.807, 2.05) is 0 Å². The van der Waals surface area contributed by atoms with Gasteiger partial charge in [0.25, 0.3) is 6.43 Å². The lowest BCUT2D eigenvalue weighted by Gasteiger charge is -2.08. The van der Waals surface area contributed by atoms with Gasteiger partial charge in [0.2, 0.25) is 0 Å². The SMILES string of the molecule is O=C(O)c1c(C(F)F)cnc(CCl)c1Cl. The highest BCUT2D eigenvalue weighted by molar-refractivity contribution is 6.35. The van der Waals surface area contributed by atoms with E-state index in [9.17, 15) is 13.6 Å². The van der Waals surface area contributed by atoms with Crippen LogP contribution in [0, 0.1) is 0 Å². The van der Waals surface area contributed by atoms with Gasteiger partial charge in [-0.25, -0.2) is 13.6 Å². The maximum Gasteiger partial charge on any atom is 0.337 e. The molecule has 1 rings (SSSR count). The Bertz CT molecular complexity index is 398. The maximum atomic E-state index is 12.4. The second-order valence-electron chi connectivity index (χ2n) is 2.59. The van der Waals surface area contributed by atoms with Crippen LogP contribution in [-0.4, -0.2) is 16.1 Å². The lowest BCUT2D eigenvalue weighted by atomic mass is 10.1. The lowest BCUT2D eigenvalue weighted by molar-refractivity contribution is 0.0684. The smallest absolute Gasteiger partial charge is 0.337 e. The normalized spacial score (nSPS) is 10.7. The predicted octanol–water partition coefficient (Wildman–Crippen LogP) is 3.11. The number of pyridine rings is 1. The van der Waals surface area contributed by atoms with Gasteiger partial charge in [-0.2, -0.15) is 0 Å². The predicted molar refractivity (Wildman–Crippen MR) is 50.7 cm³/mol. The average Bonchev–Trinajstić information content (AvgIpc) is 2.16. The number of alkyl halides is 3. The molecule has 0 aliphatic heterocycles. The highest BCUT2D eigenvalue weighted by atomic mass is 35.5. The first-order valence-corrected chi connectivity index (χ1v) is 4.65. The number of hydrogen-bond acceptors (Lipinski definition) is 2. The van der Waals surface area contributed by atoms with Crippen LogP contribution in [0.25, 0.3) is 0 Å². The first-order valence-electron chi connectivity index (χ1n) is 3.73. The zero-order chi connectivity index (χ0) is 11.6. The van der Waals surface area contributed by atoms with Crippen molar-refractivity contribution < 1.29 is 18.7 Å². The molecule has 7 heteroatoms. The average molecular weight is 256 g/mol. The first kappa shape index (κ1) is 12.1. The molecular weight excluding hydrogens is 251 g/mol. The van der Waals surface area contributed by atoms with Gasteiger partial charge in [-0.1, -0.05) is 11.6 Å². The third-order valence-corrected chi connectivity index (χ3v) is 2.36. The van der Waals surface area contributed by atoms with Crippen LogP contribution in [0.2, 0.25) is 5.02 Å². The van der Waals surface area contributed by atoms with Gasteiger partial charge in [0, 0.05) is 6.20 Å². The van der Waals surface area contributed by atoms with Crippen LogP contribution in [0.1, 0.15) is 28.0 Å². The summed E-state index contributed by atoms with van der Waals surface area (Å²) >= 11 is 11.0. The molecule has 0 aromatic carbocycles. The van der Waals surface area contributed by atoms with Gasteiger partial charge in [0.05, 0.1) is 27.7 Å². The van der Waals surface area contributed by atoms with Gasteiger partial charge in [-0.3, -0.25) is 4.98 Å². The molecule has 0 aliphatic rings. The van der Waals surface area contributed by atoms with Crippen molar-refractivity contribution in [3.05, 3.63) is 28.0 Å². The van der Waals surface area contributed by atoms with Crippen molar-refractivity contribution in [1.29, 1.82) is 0 Å². The summed E-state index contributed by atoms with van der Waals surface area (Å²) < 4.78 is 24.8. The fraction of sp³-hybridized carbons (Fsp3) is 0.250. The summed E-state index contributed by atoms with van der Waals surface area (Å²) in [6, 6.07) is 0. The summed E-state index contributed by atoms with van der Waals surface area (Å²) in [5.41, 5.74) is -1.28. The van der Waals surface area contributed by atoms with E-state index in [2.05, 4.69) is 4.98 Å². The number of aromatic carboxylic acids is 1. The topological polar surface area (TPSA) is 50.2 Å². The van der Waals surface area contributed by atoms with Crippen molar-refractivity contribution in [2.45, 2.75) is 12.3 Å². The van der Waals surface area contributed by atoms with Crippen LogP contribution in [0.4, 0.5) is 8.78 Å². The number of carboxylic acid groups (broad SMARTS) is 1. The Morgan fingerprint density at radius 1 is 1.60 bits per heavy atom. The van der Waals surface area contributed by atoms with Gasteiger partial charge in [-0.15, -0.1) is 11.6 Å². The fourth-order valence-electron chi connectivity index (χ4n) is 1.02. The third kappa shape index (κ3) is 2.35. The number of nitrogens with zero attached hydrogens (tertiary/aromatic N) is 1. The molecule has 1 aromatic rings. The molecule has 1 heterocycles. The zero-order valence-corrected chi connectivity index (χ0v) is 8.69. The molecule has 0 bridgehead atoms. The monoisotopic (exact) mass is 255 g/mol. The summed E-state index contributed by atoms with van der Waals surface area (Å²) in [5.74, 6) is -1.66. The minimum Gasteiger partial charge on any atom is -0.478 e. The number of aromatic nitrogens is 1. The van der Waals surface area contributed by atoms with Crippen molar-refractivity contribution in [2.75, 3.05) is 0 Å². The molecule has 0 atom stereocenters. The number of hydrogen-bond donors (Lipinski definition) is 1. The molecule has 1 N–H and O–H groups in total. The molecule has 0 saturated carbocycles.